The summed E-state index contributed by atoms with van der Waals surface area (Å²) in [5, 5.41) is 38.4. The lowest BCUT2D eigenvalue weighted by Gasteiger charge is -2.26. The molecule has 2 rings (SSSR count). The number of esters is 1. The maximum absolute atomic E-state index is 12.3. The number of carboxylic acids is 1. The van der Waals surface area contributed by atoms with E-state index in [0.717, 1.165) is 0 Å². The molecule has 1 fully saturated rings. The lowest BCUT2D eigenvalue weighted by molar-refractivity contribution is -0.206. The molecule has 5 atom stereocenters. The maximum atomic E-state index is 12.3. The van der Waals surface area contributed by atoms with Crippen molar-refractivity contribution in [3.05, 3.63) is 29.3 Å². The molecule has 144 valence electrons. The van der Waals surface area contributed by atoms with E-state index >= 15 is 0 Å². The third kappa shape index (κ3) is 4.43. The molecule has 9 nitrogen and oxygen atoms in total. The number of hydrogen-bond donors (Lipinski definition) is 4. The van der Waals surface area contributed by atoms with Crippen molar-refractivity contribution in [2.45, 2.75) is 50.2 Å². The number of halogens is 1. The minimum Gasteiger partial charge on any atom is -0.479 e. The average Bonchev–Trinajstić information content (AvgIpc) is 2.84. The molecular weight excluding hydrogens is 372 g/mol. The van der Waals surface area contributed by atoms with Crippen LogP contribution in [0.25, 0.3) is 0 Å². The minimum absolute atomic E-state index is 0.337. The normalized spacial score (nSPS) is 27.0. The fourth-order valence-corrected chi connectivity index (χ4v) is 2.38. The van der Waals surface area contributed by atoms with Crippen LogP contribution < -0.4 is 4.74 Å². The van der Waals surface area contributed by atoms with Crippen LogP contribution in [0.3, 0.4) is 0 Å². The molecule has 1 heterocycles. The van der Waals surface area contributed by atoms with Gasteiger partial charge in [0, 0.05) is 5.02 Å². The van der Waals surface area contributed by atoms with Gasteiger partial charge in [-0.05, 0) is 38.1 Å². The van der Waals surface area contributed by atoms with E-state index in [-0.39, 0.29) is 0 Å². The zero-order chi connectivity index (χ0) is 19.6. The Morgan fingerprint density at radius 1 is 1.19 bits per heavy atom. The summed E-state index contributed by atoms with van der Waals surface area (Å²) in [4.78, 5) is 23.1. The third-order valence-corrected chi connectivity index (χ3v) is 3.97. The zero-order valence-electron chi connectivity index (χ0n) is 13.9. The lowest BCUT2D eigenvalue weighted by atomic mass is 10.1. The lowest BCUT2D eigenvalue weighted by Crippen LogP contribution is -2.44. The third-order valence-electron chi connectivity index (χ3n) is 3.72. The monoisotopic (exact) mass is 390 g/mol. The number of ether oxygens (including phenoxy) is 3. The molecule has 1 unspecified atom stereocenters. The first-order valence-electron chi connectivity index (χ1n) is 7.61. The molecule has 1 aliphatic rings. The van der Waals surface area contributed by atoms with Crippen molar-refractivity contribution in [2.24, 2.45) is 0 Å². The molecule has 1 aromatic carbocycles. The second-order valence-corrected chi connectivity index (χ2v) is 6.64. The van der Waals surface area contributed by atoms with Gasteiger partial charge in [-0.1, -0.05) is 11.6 Å². The number of carbonyl (C=O) groups is 2. The Morgan fingerprint density at radius 2 is 1.77 bits per heavy atom. The number of rotatable bonds is 6. The van der Waals surface area contributed by atoms with Gasteiger partial charge in [0.1, 0.15) is 24.1 Å². The van der Waals surface area contributed by atoms with Gasteiger partial charge in [0.25, 0.3) is 0 Å². The van der Waals surface area contributed by atoms with Gasteiger partial charge in [0.2, 0.25) is 6.29 Å². The van der Waals surface area contributed by atoms with Crippen molar-refractivity contribution in [2.75, 3.05) is 0 Å². The summed E-state index contributed by atoms with van der Waals surface area (Å²) in [7, 11) is 0. The van der Waals surface area contributed by atoms with Crippen molar-refractivity contribution in [3.8, 4) is 5.75 Å². The molecule has 0 amide bonds. The van der Waals surface area contributed by atoms with Gasteiger partial charge in [-0.2, -0.15) is 0 Å². The van der Waals surface area contributed by atoms with Gasteiger partial charge >= 0.3 is 11.9 Å². The molecule has 1 aromatic rings. The van der Waals surface area contributed by atoms with Crippen LogP contribution in [0.15, 0.2) is 24.3 Å². The zero-order valence-corrected chi connectivity index (χ0v) is 14.7. The Kier molecular flexibility index (Phi) is 6.09. The minimum atomic E-state index is -2.10. The van der Waals surface area contributed by atoms with E-state index in [2.05, 4.69) is 0 Å². The molecule has 10 heteroatoms. The summed E-state index contributed by atoms with van der Waals surface area (Å²) in [6.45, 7) is 2.82. The first-order chi connectivity index (χ1) is 12.0. The molecule has 0 radical (unpaired) electrons. The van der Waals surface area contributed by atoms with Crippen LogP contribution in [0.1, 0.15) is 13.8 Å². The summed E-state index contributed by atoms with van der Waals surface area (Å²) in [5.74, 6) is -2.25. The number of benzene rings is 1. The van der Waals surface area contributed by atoms with Gasteiger partial charge in [0.05, 0.1) is 0 Å². The van der Waals surface area contributed by atoms with Gasteiger partial charge in [0.15, 0.2) is 11.7 Å². The van der Waals surface area contributed by atoms with Gasteiger partial charge in [-0.25, -0.2) is 9.59 Å². The highest BCUT2D eigenvalue weighted by molar-refractivity contribution is 6.30. The average molecular weight is 391 g/mol. The summed E-state index contributed by atoms with van der Waals surface area (Å²) in [5.41, 5.74) is -1.49. The van der Waals surface area contributed by atoms with E-state index in [1.807, 2.05) is 0 Å². The molecule has 1 aliphatic heterocycles. The highest BCUT2D eigenvalue weighted by Crippen LogP contribution is 2.27. The highest BCUT2D eigenvalue weighted by Gasteiger charge is 2.51. The fraction of sp³-hybridized carbons (Fsp3) is 0.500. The van der Waals surface area contributed by atoms with Crippen molar-refractivity contribution >= 4 is 23.5 Å². The van der Waals surface area contributed by atoms with E-state index in [1.54, 1.807) is 24.3 Å². The Morgan fingerprint density at radius 3 is 2.31 bits per heavy atom. The topological polar surface area (TPSA) is 143 Å². The van der Waals surface area contributed by atoms with Crippen LogP contribution in [0.5, 0.6) is 5.75 Å². The second kappa shape index (κ2) is 7.77. The van der Waals surface area contributed by atoms with E-state index in [1.165, 1.54) is 13.8 Å². The highest BCUT2D eigenvalue weighted by atomic mass is 35.5. The van der Waals surface area contributed by atoms with Crippen LogP contribution in [-0.2, 0) is 19.1 Å². The molecule has 1 saturated heterocycles. The molecule has 0 aliphatic carbocycles. The molecule has 0 saturated carbocycles. The maximum Gasteiger partial charge on any atom is 0.352 e. The van der Waals surface area contributed by atoms with Crippen molar-refractivity contribution in [3.63, 3.8) is 0 Å². The molecule has 0 aromatic heterocycles. The number of carboxylic acid groups (broad SMARTS) is 1. The molecule has 26 heavy (non-hydrogen) atoms. The number of carbonyl (C=O) groups excluding carboxylic acids is 1. The second-order valence-electron chi connectivity index (χ2n) is 6.20. The van der Waals surface area contributed by atoms with Crippen molar-refractivity contribution < 1.29 is 44.2 Å². The standard InChI is InChI=1S/C16H19ClO9/c1-16(2,26-8-5-3-7(17)4-6-8)15(23)25-14-10(19)9(18)12(24-14)11(20)13(21)22/h3-6,9-12,14,18-20H,1-2H3,(H,21,22)/t9-,10-,11+,12+,14?/m1/s1. The Balaban J connectivity index is 2.03. The smallest absolute Gasteiger partial charge is 0.352 e. The predicted octanol–water partition coefficient (Wildman–Crippen LogP) is -0.0672. The summed E-state index contributed by atoms with van der Waals surface area (Å²) < 4.78 is 15.5. The largest absolute Gasteiger partial charge is 0.479 e. The first kappa shape index (κ1) is 20.4. The summed E-state index contributed by atoms with van der Waals surface area (Å²) in [6.07, 6.45) is -8.89. The number of aliphatic carboxylic acids is 1. The Labute approximate surface area is 153 Å². The van der Waals surface area contributed by atoms with E-state index in [9.17, 15) is 24.9 Å². The fourth-order valence-electron chi connectivity index (χ4n) is 2.26. The Hall–Kier alpha value is -1.91. The summed E-state index contributed by atoms with van der Waals surface area (Å²) in [6, 6.07) is 6.22. The van der Waals surface area contributed by atoms with Gasteiger partial charge in [-0.15, -0.1) is 0 Å². The van der Waals surface area contributed by atoms with Crippen molar-refractivity contribution in [1.29, 1.82) is 0 Å². The Bertz CT molecular complexity index is 660. The summed E-state index contributed by atoms with van der Waals surface area (Å²) >= 11 is 5.77. The van der Waals surface area contributed by atoms with E-state index < -0.39 is 48.2 Å². The SMILES string of the molecule is CC(C)(Oc1ccc(Cl)cc1)C(=O)OC1O[C@H]([C@H](O)C(=O)O)[C@H](O)[C@H]1O. The number of aliphatic hydroxyl groups excluding tert-OH is 3. The van der Waals surface area contributed by atoms with Crippen molar-refractivity contribution in [1.82, 2.24) is 0 Å². The van der Waals surface area contributed by atoms with Gasteiger partial charge < -0.3 is 34.6 Å². The number of aliphatic hydroxyl groups is 3. The van der Waals surface area contributed by atoms with E-state index in [0.29, 0.717) is 10.8 Å². The van der Waals surface area contributed by atoms with Crippen LogP contribution in [0, 0.1) is 0 Å². The predicted molar refractivity (Wildman–Crippen MR) is 86.6 cm³/mol. The van der Waals surface area contributed by atoms with Crippen LogP contribution in [0.4, 0.5) is 0 Å². The molecule has 0 bridgehead atoms. The van der Waals surface area contributed by atoms with Crippen LogP contribution in [-0.4, -0.2) is 68.7 Å². The van der Waals surface area contributed by atoms with Crippen LogP contribution in [0.2, 0.25) is 5.02 Å². The van der Waals surface area contributed by atoms with Gasteiger partial charge in [-0.3, -0.25) is 0 Å². The molecule has 4 N–H and O–H groups in total. The van der Waals surface area contributed by atoms with E-state index in [4.69, 9.17) is 30.9 Å². The first-order valence-corrected chi connectivity index (χ1v) is 7.99. The number of hydrogen-bond acceptors (Lipinski definition) is 8. The van der Waals surface area contributed by atoms with Crippen LogP contribution >= 0.6 is 11.6 Å². The quantitative estimate of drug-likeness (QED) is 0.491. The molecular formula is C16H19ClO9. The molecule has 0 spiro atoms.